The number of hydrogen-bond acceptors (Lipinski definition) is 4. The molecule has 0 unspecified atom stereocenters. The first kappa shape index (κ1) is 19.6. The molecule has 1 N–H and O–H groups in total. The van der Waals surface area contributed by atoms with Gasteiger partial charge in [-0.2, -0.15) is 0 Å². The maximum Gasteiger partial charge on any atom is 0.412 e. The minimum atomic E-state index is -0.695. The van der Waals surface area contributed by atoms with Gasteiger partial charge >= 0.3 is 6.09 Å². The number of nitrogens with zero attached hydrogens (tertiary/aromatic N) is 2. The Bertz CT molecular complexity index is 1030. The average molecular weight is 381 g/mol. The second-order valence-corrected chi connectivity index (χ2v) is 7.79. The molecule has 3 aromatic rings. The van der Waals surface area contributed by atoms with E-state index in [1.165, 1.54) is 12.1 Å². The van der Waals surface area contributed by atoms with Crippen LogP contribution >= 0.6 is 0 Å². The largest absolute Gasteiger partial charge is 0.444 e. The molecular weight excluding hydrogens is 357 g/mol. The molecule has 0 aliphatic carbocycles. The molecule has 1 amide bonds. The summed E-state index contributed by atoms with van der Waals surface area (Å²) in [6, 6.07) is 14.4. The number of hydrogen-bond donors (Lipinski definition) is 1. The molecule has 0 saturated carbocycles. The molecule has 5 nitrogen and oxygen atoms in total. The number of aromatic nitrogens is 1. The van der Waals surface area contributed by atoms with Crippen LogP contribution in [0.25, 0.3) is 22.2 Å². The van der Waals surface area contributed by atoms with Gasteiger partial charge in [0.25, 0.3) is 0 Å². The van der Waals surface area contributed by atoms with E-state index in [-0.39, 0.29) is 5.69 Å². The Labute approximate surface area is 164 Å². The molecule has 2 aromatic carbocycles. The zero-order valence-corrected chi connectivity index (χ0v) is 16.7. The Morgan fingerprint density at radius 3 is 2.46 bits per heavy atom. The number of carbonyl (C=O) groups excluding carboxylic acids is 1. The van der Waals surface area contributed by atoms with Crippen LogP contribution in [0.15, 0.2) is 48.5 Å². The van der Waals surface area contributed by atoms with E-state index in [4.69, 9.17) is 4.74 Å². The summed E-state index contributed by atoms with van der Waals surface area (Å²) < 4.78 is 19.6. The van der Waals surface area contributed by atoms with Crippen LogP contribution < -0.4 is 10.2 Å². The molecule has 1 heterocycles. The maximum absolute atomic E-state index is 14.5. The van der Waals surface area contributed by atoms with Crippen molar-refractivity contribution in [3.05, 3.63) is 54.3 Å². The van der Waals surface area contributed by atoms with E-state index >= 15 is 0 Å². The van der Waals surface area contributed by atoms with Crippen molar-refractivity contribution < 1.29 is 13.9 Å². The highest BCUT2D eigenvalue weighted by molar-refractivity contribution is 5.87. The van der Waals surface area contributed by atoms with Crippen LogP contribution in [0.5, 0.6) is 0 Å². The van der Waals surface area contributed by atoms with Crippen molar-refractivity contribution in [2.75, 3.05) is 24.3 Å². The first-order valence-corrected chi connectivity index (χ1v) is 9.00. The second-order valence-electron chi connectivity index (χ2n) is 7.79. The van der Waals surface area contributed by atoms with Gasteiger partial charge in [0.15, 0.2) is 0 Å². The van der Waals surface area contributed by atoms with Gasteiger partial charge in [0.2, 0.25) is 0 Å². The molecule has 0 atom stereocenters. The summed E-state index contributed by atoms with van der Waals surface area (Å²) in [4.78, 5) is 18.5. The van der Waals surface area contributed by atoms with Gasteiger partial charge in [-0.25, -0.2) is 14.2 Å². The zero-order valence-electron chi connectivity index (χ0n) is 16.7. The number of pyridine rings is 1. The van der Waals surface area contributed by atoms with Crippen molar-refractivity contribution in [2.45, 2.75) is 26.4 Å². The SMILES string of the molecule is CN(C)c1ccc2nc(-c3ccc(NC(=O)OC(C)(C)C)c(F)c3)ccc2c1. The van der Waals surface area contributed by atoms with E-state index in [9.17, 15) is 9.18 Å². The molecule has 28 heavy (non-hydrogen) atoms. The smallest absolute Gasteiger partial charge is 0.412 e. The summed E-state index contributed by atoms with van der Waals surface area (Å²) in [7, 11) is 3.97. The lowest BCUT2D eigenvalue weighted by Gasteiger charge is -2.19. The fourth-order valence-corrected chi connectivity index (χ4v) is 2.74. The van der Waals surface area contributed by atoms with Crippen molar-refractivity contribution in [1.82, 2.24) is 4.98 Å². The first-order valence-electron chi connectivity index (χ1n) is 9.00. The minimum absolute atomic E-state index is 0.0643. The van der Waals surface area contributed by atoms with Crippen molar-refractivity contribution in [3.63, 3.8) is 0 Å². The van der Waals surface area contributed by atoms with Gasteiger partial charge in [-0.15, -0.1) is 0 Å². The van der Waals surface area contributed by atoms with E-state index in [2.05, 4.69) is 16.4 Å². The van der Waals surface area contributed by atoms with Gasteiger partial charge in [-0.05, 0) is 57.2 Å². The number of amides is 1. The van der Waals surface area contributed by atoms with Gasteiger partial charge in [0.1, 0.15) is 11.4 Å². The van der Waals surface area contributed by atoms with Gasteiger partial charge in [0, 0.05) is 30.7 Å². The molecule has 0 spiro atoms. The van der Waals surface area contributed by atoms with Crippen LogP contribution in [0.3, 0.4) is 0 Å². The minimum Gasteiger partial charge on any atom is -0.444 e. The summed E-state index contributed by atoms with van der Waals surface area (Å²) in [5.41, 5.74) is 2.63. The van der Waals surface area contributed by atoms with Crippen LogP contribution in [0.4, 0.5) is 20.6 Å². The highest BCUT2D eigenvalue weighted by Gasteiger charge is 2.17. The molecule has 3 rings (SSSR count). The van der Waals surface area contributed by atoms with Crippen molar-refractivity contribution >= 4 is 28.4 Å². The number of fused-ring (bicyclic) bond motifs is 1. The number of halogens is 1. The van der Waals surface area contributed by atoms with Gasteiger partial charge in [-0.1, -0.05) is 12.1 Å². The quantitative estimate of drug-likeness (QED) is 0.655. The Kier molecular flexibility index (Phi) is 5.23. The van der Waals surface area contributed by atoms with Crippen molar-refractivity contribution in [3.8, 4) is 11.3 Å². The van der Waals surface area contributed by atoms with Crippen LogP contribution in [-0.2, 0) is 4.74 Å². The third kappa shape index (κ3) is 4.57. The topological polar surface area (TPSA) is 54.5 Å². The molecule has 0 bridgehead atoms. The van der Waals surface area contributed by atoms with Gasteiger partial charge in [0.05, 0.1) is 16.9 Å². The number of rotatable bonds is 3. The van der Waals surface area contributed by atoms with Gasteiger partial charge in [-0.3, -0.25) is 5.32 Å². The van der Waals surface area contributed by atoms with Crippen molar-refractivity contribution in [2.24, 2.45) is 0 Å². The predicted octanol–water partition coefficient (Wildman–Crippen LogP) is 5.45. The predicted molar refractivity (Wildman–Crippen MR) is 111 cm³/mol. The molecule has 1 aromatic heterocycles. The number of carbonyl (C=O) groups is 1. The standard InChI is InChI=1S/C22H24FN3O2/c1-22(2,3)28-21(27)25-20-10-7-15(13-17(20)23)18-9-6-14-12-16(26(4)5)8-11-19(14)24-18/h6-13H,1-5H3,(H,25,27). The molecule has 0 aliphatic heterocycles. The lowest BCUT2D eigenvalue weighted by molar-refractivity contribution is 0.0635. The fraction of sp³-hybridized carbons (Fsp3) is 0.273. The third-order valence-electron chi connectivity index (χ3n) is 4.09. The summed E-state index contributed by atoms with van der Waals surface area (Å²) >= 11 is 0. The Balaban J connectivity index is 1.85. The van der Waals surface area contributed by atoms with Gasteiger partial charge < -0.3 is 9.64 Å². The Morgan fingerprint density at radius 1 is 1.07 bits per heavy atom. The van der Waals surface area contributed by atoms with Crippen LogP contribution in [0.1, 0.15) is 20.8 Å². The molecule has 0 fully saturated rings. The summed E-state index contributed by atoms with van der Waals surface area (Å²) in [5, 5.41) is 3.44. The Hall–Kier alpha value is -3.15. The normalized spacial score (nSPS) is 11.4. The second kappa shape index (κ2) is 7.46. The number of anilines is 2. The van der Waals surface area contributed by atoms with Crippen LogP contribution in [-0.4, -0.2) is 30.8 Å². The molecule has 146 valence electrons. The number of nitrogens with one attached hydrogen (secondary N) is 1. The lowest BCUT2D eigenvalue weighted by Crippen LogP contribution is -2.27. The Morgan fingerprint density at radius 2 is 1.82 bits per heavy atom. The van der Waals surface area contributed by atoms with Crippen LogP contribution in [0.2, 0.25) is 0 Å². The lowest BCUT2D eigenvalue weighted by atomic mass is 10.1. The summed E-state index contributed by atoms with van der Waals surface area (Å²) in [6.07, 6.45) is -0.695. The summed E-state index contributed by atoms with van der Waals surface area (Å²) in [5.74, 6) is -0.548. The third-order valence-corrected chi connectivity index (χ3v) is 4.09. The fourth-order valence-electron chi connectivity index (χ4n) is 2.74. The van der Waals surface area contributed by atoms with E-state index in [0.717, 1.165) is 16.6 Å². The van der Waals surface area contributed by atoms with Crippen LogP contribution in [0, 0.1) is 5.82 Å². The number of benzene rings is 2. The number of ether oxygens (including phenoxy) is 1. The first-order chi connectivity index (χ1) is 13.1. The average Bonchev–Trinajstić information content (AvgIpc) is 2.61. The van der Waals surface area contributed by atoms with Crippen molar-refractivity contribution in [1.29, 1.82) is 0 Å². The maximum atomic E-state index is 14.5. The molecular formula is C22H24FN3O2. The van der Waals surface area contributed by atoms with E-state index in [1.807, 2.05) is 43.3 Å². The molecule has 0 radical (unpaired) electrons. The molecule has 0 saturated heterocycles. The molecule has 6 heteroatoms. The van der Waals surface area contributed by atoms with E-state index < -0.39 is 17.5 Å². The monoisotopic (exact) mass is 381 g/mol. The highest BCUT2D eigenvalue weighted by atomic mass is 19.1. The summed E-state index contributed by atoms with van der Waals surface area (Å²) in [6.45, 7) is 5.25. The zero-order chi connectivity index (χ0) is 20.5. The highest BCUT2D eigenvalue weighted by Crippen LogP contribution is 2.27. The molecule has 0 aliphatic rings. The van der Waals surface area contributed by atoms with E-state index in [0.29, 0.717) is 11.3 Å². The van der Waals surface area contributed by atoms with E-state index in [1.54, 1.807) is 26.8 Å².